The minimum atomic E-state index is -3.61. The average Bonchev–Trinajstić information content (AvgIpc) is 2.69. The summed E-state index contributed by atoms with van der Waals surface area (Å²) < 4.78 is 27.0. The lowest BCUT2D eigenvalue weighted by Gasteiger charge is -2.35. The molecule has 2 aliphatic heterocycles. The predicted molar refractivity (Wildman–Crippen MR) is 106 cm³/mol. The summed E-state index contributed by atoms with van der Waals surface area (Å²) in [5.74, 6) is 2.09. The van der Waals surface area contributed by atoms with Gasteiger partial charge in [0.15, 0.2) is 5.78 Å². The van der Waals surface area contributed by atoms with Gasteiger partial charge in [0.1, 0.15) is 0 Å². The van der Waals surface area contributed by atoms with Gasteiger partial charge in [-0.15, -0.1) is 0 Å². The fraction of sp³-hybridized carbons (Fsp3) is 0.556. The Morgan fingerprint density at radius 1 is 0.963 bits per heavy atom. The molecule has 0 bridgehead atoms. The van der Waals surface area contributed by atoms with Crippen LogP contribution >= 0.6 is 11.8 Å². The highest BCUT2D eigenvalue weighted by atomic mass is 32.2. The molecule has 0 unspecified atom stereocenters. The van der Waals surface area contributed by atoms with Crippen molar-refractivity contribution in [2.24, 2.45) is 0 Å². The number of carbonyl (C=O) groups is 2. The van der Waals surface area contributed by atoms with Crippen LogP contribution in [0.1, 0.15) is 17.3 Å². The highest BCUT2D eigenvalue weighted by Crippen LogP contribution is 2.19. The molecule has 1 aromatic carbocycles. The molecule has 0 radical (unpaired) electrons. The highest BCUT2D eigenvalue weighted by molar-refractivity contribution is 7.99. The van der Waals surface area contributed by atoms with E-state index in [1.807, 2.05) is 11.8 Å². The standard InChI is InChI=1S/C18H25N3O4S2/c1-15(22)16-2-4-17(5-3-16)27(24,25)21-8-6-20(7-9-21)18(23)14-19-10-12-26-13-11-19/h2-5H,6-14H2,1H3. The number of sulfonamides is 1. The Hall–Kier alpha value is -1.42. The molecule has 0 N–H and O–H groups in total. The summed E-state index contributed by atoms with van der Waals surface area (Å²) in [6.07, 6.45) is 0. The van der Waals surface area contributed by atoms with E-state index in [1.54, 1.807) is 4.90 Å². The SMILES string of the molecule is CC(=O)c1ccc(S(=O)(=O)N2CCN(C(=O)CN3CCSCC3)CC2)cc1. The molecule has 0 atom stereocenters. The molecule has 2 heterocycles. The van der Waals surface area contributed by atoms with Crippen molar-refractivity contribution in [3.63, 3.8) is 0 Å². The van der Waals surface area contributed by atoms with Gasteiger partial charge >= 0.3 is 0 Å². The van der Waals surface area contributed by atoms with Crippen LogP contribution in [0.25, 0.3) is 0 Å². The predicted octanol–water partition coefficient (Wildman–Crippen LogP) is 0.771. The van der Waals surface area contributed by atoms with Gasteiger partial charge in [0.05, 0.1) is 11.4 Å². The van der Waals surface area contributed by atoms with Crippen LogP contribution in [0.3, 0.4) is 0 Å². The zero-order valence-corrected chi connectivity index (χ0v) is 17.1. The second kappa shape index (κ2) is 8.72. The lowest BCUT2D eigenvalue weighted by molar-refractivity contribution is -0.133. The van der Waals surface area contributed by atoms with E-state index in [2.05, 4.69) is 4.90 Å². The molecular formula is C18H25N3O4S2. The summed E-state index contributed by atoms with van der Waals surface area (Å²) in [5.41, 5.74) is 0.487. The van der Waals surface area contributed by atoms with Gasteiger partial charge < -0.3 is 4.90 Å². The fourth-order valence-electron chi connectivity index (χ4n) is 3.24. The highest BCUT2D eigenvalue weighted by Gasteiger charge is 2.30. The average molecular weight is 412 g/mol. The molecular weight excluding hydrogens is 386 g/mol. The first kappa shape index (κ1) is 20.3. The van der Waals surface area contributed by atoms with Gasteiger partial charge in [-0.25, -0.2) is 8.42 Å². The van der Waals surface area contributed by atoms with Crippen molar-refractivity contribution in [1.29, 1.82) is 0 Å². The fourth-order valence-corrected chi connectivity index (χ4v) is 5.64. The normalized spacial score (nSPS) is 19.8. The van der Waals surface area contributed by atoms with E-state index in [4.69, 9.17) is 0 Å². The van der Waals surface area contributed by atoms with Crippen molar-refractivity contribution in [2.75, 3.05) is 57.3 Å². The first-order chi connectivity index (χ1) is 12.9. The van der Waals surface area contributed by atoms with Crippen LogP contribution in [-0.2, 0) is 14.8 Å². The maximum Gasteiger partial charge on any atom is 0.243 e. The van der Waals surface area contributed by atoms with E-state index < -0.39 is 10.0 Å². The first-order valence-corrected chi connectivity index (χ1v) is 11.7. The van der Waals surface area contributed by atoms with E-state index in [1.165, 1.54) is 35.5 Å². The molecule has 0 aromatic heterocycles. The molecule has 0 saturated carbocycles. The van der Waals surface area contributed by atoms with Crippen molar-refractivity contribution < 1.29 is 18.0 Å². The molecule has 148 valence electrons. The topological polar surface area (TPSA) is 78.0 Å². The number of benzene rings is 1. The van der Waals surface area contributed by atoms with Crippen LogP contribution in [0.4, 0.5) is 0 Å². The molecule has 27 heavy (non-hydrogen) atoms. The van der Waals surface area contributed by atoms with Crippen molar-refractivity contribution in [2.45, 2.75) is 11.8 Å². The summed E-state index contributed by atoms with van der Waals surface area (Å²) in [4.78, 5) is 27.9. The second-order valence-electron chi connectivity index (χ2n) is 6.75. The van der Waals surface area contributed by atoms with Crippen LogP contribution < -0.4 is 0 Å². The number of piperazine rings is 1. The van der Waals surface area contributed by atoms with Crippen LogP contribution in [-0.4, -0.2) is 91.5 Å². The van der Waals surface area contributed by atoms with E-state index in [0.717, 1.165) is 24.6 Å². The Labute approximate surface area is 164 Å². The quantitative estimate of drug-likeness (QED) is 0.666. The van der Waals surface area contributed by atoms with E-state index in [9.17, 15) is 18.0 Å². The maximum atomic E-state index is 12.8. The van der Waals surface area contributed by atoms with E-state index >= 15 is 0 Å². The first-order valence-electron chi connectivity index (χ1n) is 9.07. The van der Waals surface area contributed by atoms with Crippen LogP contribution in [0, 0.1) is 0 Å². The van der Waals surface area contributed by atoms with Gasteiger partial charge in [-0.3, -0.25) is 14.5 Å². The number of thioether (sulfide) groups is 1. The number of nitrogens with zero attached hydrogens (tertiary/aromatic N) is 3. The molecule has 1 aromatic rings. The molecule has 7 nitrogen and oxygen atoms in total. The van der Waals surface area contributed by atoms with Gasteiger partial charge in [0.25, 0.3) is 0 Å². The van der Waals surface area contributed by atoms with E-state index in [0.29, 0.717) is 38.3 Å². The Balaban J connectivity index is 1.57. The van der Waals surface area contributed by atoms with Crippen LogP contribution in [0.5, 0.6) is 0 Å². The smallest absolute Gasteiger partial charge is 0.243 e. The number of hydrogen-bond acceptors (Lipinski definition) is 6. The Kier molecular flexibility index (Phi) is 6.56. The number of amides is 1. The third-order valence-corrected chi connectivity index (χ3v) is 7.81. The zero-order valence-electron chi connectivity index (χ0n) is 15.5. The summed E-state index contributed by atoms with van der Waals surface area (Å²) in [6, 6.07) is 6.01. The number of hydrogen-bond donors (Lipinski definition) is 0. The Bertz CT molecular complexity index is 781. The van der Waals surface area contributed by atoms with E-state index in [-0.39, 0.29) is 16.6 Å². The van der Waals surface area contributed by atoms with Gasteiger partial charge in [-0.1, -0.05) is 12.1 Å². The number of rotatable bonds is 5. The van der Waals surface area contributed by atoms with Gasteiger partial charge in [-0.2, -0.15) is 16.1 Å². The minimum absolute atomic E-state index is 0.0739. The van der Waals surface area contributed by atoms with Gasteiger partial charge in [0, 0.05) is 56.3 Å². The molecule has 2 fully saturated rings. The van der Waals surface area contributed by atoms with Crippen molar-refractivity contribution >= 4 is 33.5 Å². The Morgan fingerprint density at radius 2 is 1.56 bits per heavy atom. The number of Topliss-reactive ketones (excluding diaryl/α,β-unsaturated/α-hetero) is 1. The molecule has 2 aliphatic rings. The van der Waals surface area contributed by atoms with Crippen LogP contribution in [0.15, 0.2) is 29.2 Å². The molecule has 0 spiro atoms. The molecule has 9 heteroatoms. The molecule has 0 aliphatic carbocycles. The summed E-state index contributed by atoms with van der Waals surface area (Å²) in [5, 5.41) is 0. The molecule has 3 rings (SSSR count). The minimum Gasteiger partial charge on any atom is -0.339 e. The lowest BCUT2D eigenvalue weighted by atomic mass is 10.2. The maximum absolute atomic E-state index is 12.8. The van der Waals surface area contributed by atoms with Crippen molar-refractivity contribution in [3.05, 3.63) is 29.8 Å². The Morgan fingerprint density at radius 3 is 2.11 bits per heavy atom. The van der Waals surface area contributed by atoms with Crippen molar-refractivity contribution in [3.8, 4) is 0 Å². The second-order valence-corrected chi connectivity index (χ2v) is 9.92. The largest absolute Gasteiger partial charge is 0.339 e. The third-order valence-electron chi connectivity index (χ3n) is 4.95. The molecule has 1 amide bonds. The summed E-state index contributed by atoms with van der Waals surface area (Å²) in [7, 11) is -3.61. The van der Waals surface area contributed by atoms with Gasteiger partial charge in [-0.05, 0) is 19.1 Å². The summed E-state index contributed by atoms with van der Waals surface area (Å²) in [6.45, 7) is 5.12. The van der Waals surface area contributed by atoms with Crippen molar-refractivity contribution in [1.82, 2.24) is 14.1 Å². The third kappa shape index (κ3) is 4.90. The summed E-state index contributed by atoms with van der Waals surface area (Å²) >= 11 is 1.91. The van der Waals surface area contributed by atoms with Crippen LogP contribution in [0.2, 0.25) is 0 Å². The lowest BCUT2D eigenvalue weighted by Crippen LogP contribution is -2.53. The molecule has 2 saturated heterocycles. The van der Waals surface area contributed by atoms with Gasteiger partial charge in [0.2, 0.25) is 15.9 Å². The number of ketones is 1. The number of carbonyl (C=O) groups excluding carboxylic acids is 2. The monoisotopic (exact) mass is 411 g/mol. The zero-order chi connectivity index (χ0) is 19.4.